The minimum absolute atomic E-state index is 0.285. The summed E-state index contributed by atoms with van der Waals surface area (Å²) in [6.07, 6.45) is 2.50. The van der Waals surface area contributed by atoms with Crippen molar-refractivity contribution in [1.82, 2.24) is 9.88 Å². The topological polar surface area (TPSA) is 16.1 Å². The van der Waals surface area contributed by atoms with Crippen LogP contribution in [-0.4, -0.2) is 16.4 Å². The Morgan fingerprint density at radius 1 is 1.10 bits per heavy atom. The second-order valence-electron chi connectivity index (χ2n) is 6.05. The van der Waals surface area contributed by atoms with Crippen molar-refractivity contribution >= 4 is 11.6 Å². The van der Waals surface area contributed by atoms with Gasteiger partial charge in [0.15, 0.2) is 0 Å². The van der Waals surface area contributed by atoms with Crippen LogP contribution in [0.25, 0.3) is 0 Å². The molecule has 2 nitrogen and oxygen atoms in total. The smallest absolute Gasteiger partial charge is 0.129 e. The fourth-order valence-electron chi connectivity index (χ4n) is 3.35. The minimum Gasteiger partial charge on any atom is -0.294 e. The van der Waals surface area contributed by atoms with E-state index in [0.29, 0.717) is 5.15 Å². The molecule has 2 aliphatic rings. The first kappa shape index (κ1) is 12.4. The maximum Gasteiger partial charge on any atom is 0.129 e. The normalized spacial score (nSPS) is 19.9. The molecular weight excluding hydrogens is 268 g/mol. The van der Waals surface area contributed by atoms with Crippen LogP contribution in [0.2, 0.25) is 5.15 Å². The third-order valence-corrected chi connectivity index (χ3v) is 4.68. The second kappa shape index (κ2) is 4.57. The van der Waals surface area contributed by atoms with E-state index in [4.69, 9.17) is 11.6 Å². The molecule has 0 bridgehead atoms. The molecule has 0 atom stereocenters. The van der Waals surface area contributed by atoms with Gasteiger partial charge in [0.25, 0.3) is 0 Å². The van der Waals surface area contributed by atoms with Crippen LogP contribution in [-0.2, 0) is 18.5 Å². The van der Waals surface area contributed by atoms with Crippen molar-refractivity contribution in [2.75, 3.05) is 6.54 Å². The van der Waals surface area contributed by atoms with Gasteiger partial charge in [-0.25, -0.2) is 4.98 Å². The molecule has 0 N–H and O–H groups in total. The molecule has 0 saturated heterocycles. The van der Waals surface area contributed by atoms with Crippen LogP contribution in [0.4, 0.5) is 0 Å². The summed E-state index contributed by atoms with van der Waals surface area (Å²) in [4.78, 5) is 7.15. The average molecular weight is 285 g/mol. The highest BCUT2D eigenvalue weighted by Crippen LogP contribution is 2.51. The van der Waals surface area contributed by atoms with Crippen LogP contribution in [0.3, 0.4) is 0 Å². The van der Waals surface area contributed by atoms with Gasteiger partial charge in [-0.05, 0) is 30.0 Å². The van der Waals surface area contributed by atoms with Gasteiger partial charge in [-0.1, -0.05) is 48.0 Å². The first-order chi connectivity index (χ1) is 9.75. The van der Waals surface area contributed by atoms with E-state index in [2.05, 4.69) is 46.3 Å². The Kier molecular flexibility index (Phi) is 2.83. The number of benzene rings is 1. The van der Waals surface area contributed by atoms with Crippen LogP contribution >= 0.6 is 11.6 Å². The third kappa shape index (κ3) is 2.13. The SMILES string of the molecule is Clc1ccc2c(n1)C1(CC1)CN(Cc1ccccc1)C2. The monoisotopic (exact) mass is 284 g/mol. The van der Waals surface area contributed by atoms with Crippen molar-refractivity contribution in [2.45, 2.75) is 31.3 Å². The molecule has 1 saturated carbocycles. The van der Waals surface area contributed by atoms with Crippen LogP contribution in [0.1, 0.15) is 29.7 Å². The van der Waals surface area contributed by atoms with E-state index in [9.17, 15) is 0 Å². The van der Waals surface area contributed by atoms with Crippen molar-refractivity contribution < 1.29 is 0 Å². The molecule has 0 unspecified atom stereocenters. The summed E-state index contributed by atoms with van der Waals surface area (Å²) < 4.78 is 0. The lowest BCUT2D eigenvalue weighted by atomic mass is 9.91. The van der Waals surface area contributed by atoms with Gasteiger partial charge < -0.3 is 0 Å². The zero-order valence-corrected chi connectivity index (χ0v) is 12.1. The van der Waals surface area contributed by atoms with Crippen LogP contribution in [0.15, 0.2) is 42.5 Å². The second-order valence-corrected chi connectivity index (χ2v) is 6.44. The van der Waals surface area contributed by atoms with E-state index in [1.807, 2.05) is 6.07 Å². The Morgan fingerprint density at radius 2 is 1.90 bits per heavy atom. The van der Waals surface area contributed by atoms with Gasteiger partial charge in [0.2, 0.25) is 0 Å². The van der Waals surface area contributed by atoms with Crippen LogP contribution in [0, 0.1) is 0 Å². The van der Waals surface area contributed by atoms with Gasteiger partial charge in [0.1, 0.15) is 5.15 Å². The number of aromatic nitrogens is 1. The number of rotatable bonds is 2. The fraction of sp³-hybridized carbons (Fsp3) is 0.353. The number of hydrogen-bond acceptors (Lipinski definition) is 2. The highest BCUT2D eigenvalue weighted by molar-refractivity contribution is 6.29. The Morgan fingerprint density at radius 3 is 2.65 bits per heavy atom. The minimum atomic E-state index is 0.285. The molecule has 4 rings (SSSR count). The molecule has 1 aliphatic carbocycles. The zero-order valence-electron chi connectivity index (χ0n) is 11.3. The maximum absolute atomic E-state index is 6.07. The van der Waals surface area contributed by atoms with E-state index < -0.39 is 0 Å². The van der Waals surface area contributed by atoms with Gasteiger partial charge >= 0.3 is 0 Å². The van der Waals surface area contributed by atoms with Crippen molar-refractivity contribution in [3.63, 3.8) is 0 Å². The number of hydrogen-bond donors (Lipinski definition) is 0. The highest BCUT2D eigenvalue weighted by Gasteiger charge is 2.50. The molecule has 1 aliphatic heterocycles. The molecular formula is C17H17ClN2. The Bertz CT molecular complexity index is 635. The standard InChI is InChI=1S/C17H17ClN2/c18-15-7-6-14-11-20(10-13-4-2-1-3-5-13)12-17(8-9-17)16(14)19-15/h1-7H,8-12H2. The summed E-state index contributed by atoms with van der Waals surface area (Å²) in [6, 6.07) is 14.8. The molecule has 0 radical (unpaired) electrons. The summed E-state index contributed by atoms with van der Waals surface area (Å²) in [5.41, 5.74) is 4.28. The van der Waals surface area contributed by atoms with Crippen molar-refractivity contribution in [3.8, 4) is 0 Å². The lowest BCUT2D eigenvalue weighted by molar-refractivity contribution is 0.210. The molecule has 1 aromatic carbocycles. The Balaban J connectivity index is 1.62. The van der Waals surface area contributed by atoms with Gasteiger partial charge in [0, 0.05) is 25.0 Å². The van der Waals surface area contributed by atoms with Crippen LogP contribution in [0.5, 0.6) is 0 Å². The van der Waals surface area contributed by atoms with Gasteiger partial charge in [-0.15, -0.1) is 0 Å². The third-order valence-electron chi connectivity index (χ3n) is 4.47. The fourth-order valence-corrected chi connectivity index (χ4v) is 3.50. The zero-order chi connectivity index (χ0) is 13.6. The van der Waals surface area contributed by atoms with E-state index in [0.717, 1.165) is 19.6 Å². The first-order valence-corrected chi connectivity index (χ1v) is 7.55. The Hall–Kier alpha value is -1.38. The maximum atomic E-state index is 6.07. The van der Waals surface area contributed by atoms with Gasteiger partial charge in [-0.2, -0.15) is 0 Å². The summed E-state index contributed by atoms with van der Waals surface area (Å²) in [5, 5.41) is 0.631. The summed E-state index contributed by atoms with van der Waals surface area (Å²) in [5.74, 6) is 0. The molecule has 1 fully saturated rings. The largest absolute Gasteiger partial charge is 0.294 e. The predicted octanol–water partition coefficient (Wildman–Crippen LogP) is 3.78. The quantitative estimate of drug-likeness (QED) is 0.780. The summed E-state index contributed by atoms with van der Waals surface area (Å²) >= 11 is 6.07. The van der Waals surface area contributed by atoms with Gasteiger partial charge in [0.05, 0.1) is 5.69 Å². The number of pyridine rings is 1. The lowest BCUT2D eigenvalue weighted by Gasteiger charge is -2.34. The average Bonchev–Trinajstić information content (AvgIpc) is 3.21. The number of fused-ring (bicyclic) bond motifs is 2. The molecule has 20 heavy (non-hydrogen) atoms. The first-order valence-electron chi connectivity index (χ1n) is 7.17. The summed E-state index contributed by atoms with van der Waals surface area (Å²) in [6.45, 7) is 3.11. The molecule has 102 valence electrons. The molecule has 0 amide bonds. The molecule has 1 aromatic heterocycles. The lowest BCUT2D eigenvalue weighted by Crippen LogP contribution is -2.38. The van der Waals surface area contributed by atoms with E-state index in [1.165, 1.54) is 29.7 Å². The van der Waals surface area contributed by atoms with Crippen molar-refractivity contribution in [1.29, 1.82) is 0 Å². The van der Waals surface area contributed by atoms with Crippen molar-refractivity contribution in [3.05, 3.63) is 64.4 Å². The molecule has 1 spiro atoms. The number of nitrogens with zero attached hydrogens (tertiary/aromatic N) is 2. The Labute approximate surface area is 124 Å². The van der Waals surface area contributed by atoms with E-state index in [-0.39, 0.29) is 5.41 Å². The summed E-state index contributed by atoms with van der Waals surface area (Å²) in [7, 11) is 0. The highest BCUT2D eigenvalue weighted by atomic mass is 35.5. The van der Waals surface area contributed by atoms with E-state index in [1.54, 1.807) is 0 Å². The van der Waals surface area contributed by atoms with Gasteiger partial charge in [-0.3, -0.25) is 4.90 Å². The molecule has 2 heterocycles. The van der Waals surface area contributed by atoms with E-state index >= 15 is 0 Å². The predicted molar refractivity (Wildman–Crippen MR) is 80.7 cm³/mol. The van der Waals surface area contributed by atoms with Crippen LogP contribution < -0.4 is 0 Å². The van der Waals surface area contributed by atoms with Crippen molar-refractivity contribution in [2.24, 2.45) is 0 Å². The molecule has 2 aromatic rings. The molecule has 3 heteroatoms. The number of halogens is 1.